The van der Waals surface area contributed by atoms with Gasteiger partial charge in [0.1, 0.15) is 22.3 Å². The molecule has 0 amide bonds. The zero-order valence-corrected chi connectivity index (χ0v) is 12.2. The molecule has 1 aromatic carbocycles. The number of hydrogen-bond donors (Lipinski definition) is 1. The van der Waals surface area contributed by atoms with Gasteiger partial charge < -0.3 is 5.32 Å². The van der Waals surface area contributed by atoms with E-state index < -0.39 is 21.4 Å². The molecule has 2 unspecified atom stereocenters. The van der Waals surface area contributed by atoms with Crippen molar-refractivity contribution in [3.63, 3.8) is 0 Å². The van der Waals surface area contributed by atoms with Gasteiger partial charge in [-0.2, -0.15) is 9.57 Å². The number of fused-ring (bicyclic) bond motifs is 1. The summed E-state index contributed by atoms with van der Waals surface area (Å²) in [5.41, 5.74) is -0.398. The molecule has 7 heteroatoms. The lowest BCUT2D eigenvalue weighted by molar-refractivity contribution is 0.217. The summed E-state index contributed by atoms with van der Waals surface area (Å²) < 4.78 is 40.8. The molecule has 1 N–H and O–H groups in total. The molecular weight excluding hydrogens is 293 g/mol. The maximum Gasteiger partial charge on any atom is 0.244 e. The Morgan fingerprint density at radius 2 is 2.19 bits per heavy atom. The van der Waals surface area contributed by atoms with E-state index in [0.29, 0.717) is 19.0 Å². The predicted molar refractivity (Wildman–Crippen MR) is 74.4 cm³/mol. The fraction of sp³-hybridized carbons (Fsp3) is 0.500. The summed E-state index contributed by atoms with van der Waals surface area (Å²) in [4.78, 5) is -0.224. The average molecular weight is 309 g/mol. The SMILES string of the molecule is N#Cc1c(F)cccc1S(=O)(=O)N1CCCC2CNCC21. The Balaban J connectivity index is 2.05. The fourth-order valence-electron chi connectivity index (χ4n) is 3.28. The van der Waals surface area contributed by atoms with Gasteiger partial charge in [0, 0.05) is 19.1 Å². The highest BCUT2D eigenvalue weighted by Gasteiger charge is 2.42. The summed E-state index contributed by atoms with van der Waals surface area (Å²) in [5.74, 6) is -0.496. The highest BCUT2D eigenvalue weighted by molar-refractivity contribution is 7.89. The molecule has 2 aliphatic heterocycles. The Hall–Kier alpha value is -1.49. The number of rotatable bonds is 2. The molecule has 0 aliphatic carbocycles. The van der Waals surface area contributed by atoms with Crippen molar-refractivity contribution in [2.24, 2.45) is 5.92 Å². The van der Waals surface area contributed by atoms with E-state index >= 15 is 0 Å². The van der Waals surface area contributed by atoms with Crippen LogP contribution in [-0.2, 0) is 10.0 Å². The third-order valence-corrected chi connectivity index (χ3v) is 6.27. The Bertz CT molecular complexity index is 699. The molecule has 3 rings (SSSR count). The molecule has 0 saturated carbocycles. The zero-order valence-electron chi connectivity index (χ0n) is 11.4. The molecule has 0 aromatic heterocycles. The molecule has 0 radical (unpaired) electrons. The summed E-state index contributed by atoms with van der Waals surface area (Å²) in [6.07, 6.45) is 1.79. The van der Waals surface area contributed by atoms with E-state index in [4.69, 9.17) is 5.26 Å². The highest BCUT2D eigenvalue weighted by atomic mass is 32.2. The van der Waals surface area contributed by atoms with Crippen LogP contribution in [0.3, 0.4) is 0 Å². The molecule has 5 nitrogen and oxygen atoms in total. The predicted octanol–water partition coefficient (Wildman–Crippen LogP) is 1.07. The number of nitrogens with zero attached hydrogens (tertiary/aromatic N) is 2. The normalized spacial score (nSPS) is 26.3. The van der Waals surface area contributed by atoms with Crippen molar-refractivity contribution in [3.05, 3.63) is 29.6 Å². The zero-order chi connectivity index (χ0) is 15.0. The Labute approximate surface area is 123 Å². The van der Waals surface area contributed by atoms with Crippen LogP contribution in [0.25, 0.3) is 0 Å². The summed E-state index contributed by atoms with van der Waals surface area (Å²) in [7, 11) is -3.85. The lowest BCUT2D eigenvalue weighted by Gasteiger charge is -2.36. The van der Waals surface area contributed by atoms with E-state index in [0.717, 1.165) is 25.5 Å². The first-order valence-corrected chi connectivity index (χ1v) is 8.41. The Kier molecular flexibility index (Phi) is 3.69. The van der Waals surface area contributed by atoms with E-state index in [1.807, 2.05) is 0 Å². The van der Waals surface area contributed by atoms with Crippen LogP contribution in [-0.4, -0.2) is 38.4 Å². The second-order valence-corrected chi connectivity index (χ2v) is 7.33. The Morgan fingerprint density at radius 3 is 2.95 bits per heavy atom. The first kappa shape index (κ1) is 14.4. The topological polar surface area (TPSA) is 73.2 Å². The van der Waals surface area contributed by atoms with E-state index in [2.05, 4.69) is 5.32 Å². The standard InChI is InChI=1S/C14H16FN3O2S/c15-12-4-1-5-14(11(12)7-16)21(19,20)18-6-2-3-10-8-17-9-13(10)18/h1,4-5,10,13,17H,2-3,6,8-9H2. The third kappa shape index (κ3) is 2.33. The van der Waals surface area contributed by atoms with Gasteiger partial charge in [0.15, 0.2) is 0 Å². The monoisotopic (exact) mass is 309 g/mol. The number of nitriles is 1. The van der Waals surface area contributed by atoms with Gasteiger partial charge in [-0.05, 0) is 37.4 Å². The van der Waals surface area contributed by atoms with Crippen molar-refractivity contribution in [2.75, 3.05) is 19.6 Å². The molecule has 0 bridgehead atoms. The fourth-order valence-corrected chi connectivity index (χ4v) is 5.16. The minimum atomic E-state index is -3.85. The van der Waals surface area contributed by atoms with E-state index in [1.54, 1.807) is 6.07 Å². The summed E-state index contributed by atoms with van der Waals surface area (Å²) in [6.45, 7) is 1.85. The van der Waals surface area contributed by atoms with E-state index in [9.17, 15) is 12.8 Å². The van der Waals surface area contributed by atoms with Crippen molar-refractivity contribution < 1.29 is 12.8 Å². The smallest absolute Gasteiger partial charge is 0.244 e. The highest BCUT2D eigenvalue weighted by Crippen LogP contribution is 2.32. The van der Waals surface area contributed by atoms with Gasteiger partial charge >= 0.3 is 0 Å². The van der Waals surface area contributed by atoms with Gasteiger partial charge in [-0.25, -0.2) is 12.8 Å². The molecule has 2 aliphatic rings. The number of halogens is 1. The van der Waals surface area contributed by atoms with Crippen molar-refractivity contribution in [3.8, 4) is 6.07 Å². The van der Waals surface area contributed by atoms with Crippen molar-refractivity contribution in [1.82, 2.24) is 9.62 Å². The second-order valence-electron chi connectivity index (χ2n) is 5.47. The first-order chi connectivity index (χ1) is 10.1. The van der Waals surface area contributed by atoms with Crippen LogP contribution < -0.4 is 5.32 Å². The summed E-state index contributed by atoms with van der Waals surface area (Å²) in [6, 6.07) is 5.32. The van der Waals surface area contributed by atoms with Crippen LogP contribution in [0.2, 0.25) is 0 Å². The van der Waals surface area contributed by atoms with Crippen molar-refractivity contribution in [1.29, 1.82) is 5.26 Å². The largest absolute Gasteiger partial charge is 0.315 e. The van der Waals surface area contributed by atoms with Gasteiger partial charge in [-0.1, -0.05) is 6.07 Å². The average Bonchev–Trinajstić information content (AvgIpc) is 2.95. The minimum Gasteiger partial charge on any atom is -0.315 e. The number of nitrogens with one attached hydrogen (secondary N) is 1. The number of piperidine rings is 1. The van der Waals surface area contributed by atoms with Crippen LogP contribution in [0.5, 0.6) is 0 Å². The molecule has 2 fully saturated rings. The number of hydrogen-bond acceptors (Lipinski definition) is 4. The van der Waals surface area contributed by atoms with Gasteiger partial charge in [0.05, 0.1) is 0 Å². The maximum absolute atomic E-state index is 13.7. The molecule has 112 valence electrons. The van der Waals surface area contributed by atoms with Crippen molar-refractivity contribution >= 4 is 10.0 Å². The minimum absolute atomic E-state index is 0.0986. The number of sulfonamides is 1. The lowest BCUT2D eigenvalue weighted by atomic mass is 9.94. The third-order valence-electron chi connectivity index (χ3n) is 4.30. The Morgan fingerprint density at radius 1 is 1.38 bits per heavy atom. The lowest BCUT2D eigenvalue weighted by Crippen LogP contribution is -2.48. The maximum atomic E-state index is 13.7. The molecule has 1 aromatic rings. The first-order valence-electron chi connectivity index (χ1n) is 6.97. The van der Waals surface area contributed by atoms with Crippen LogP contribution in [0.4, 0.5) is 4.39 Å². The second kappa shape index (κ2) is 5.37. The van der Waals surface area contributed by atoms with Gasteiger partial charge in [0.2, 0.25) is 10.0 Å². The van der Waals surface area contributed by atoms with Crippen molar-refractivity contribution in [2.45, 2.75) is 23.8 Å². The summed E-state index contributed by atoms with van der Waals surface area (Å²) >= 11 is 0. The molecule has 2 saturated heterocycles. The molecule has 21 heavy (non-hydrogen) atoms. The molecule has 2 atom stereocenters. The molecule has 0 spiro atoms. The van der Waals surface area contributed by atoms with Crippen LogP contribution in [0.1, 0.15) is 18.4 Å². The van der Waals surface area contributed by atoms with E-state index in [-0.39, 0.29) is 10.9 Å². The quantitative estimate of drug-likeness (QED) is 0.887. The van der Waals surface area contributed by atoms with E-state index in [1.165, 1.54) is 16.4 Å². The van der Waals surface area contributed by atoms with Crippen LogP contribution in [0, 0.1) is 23.1 Å². The summed E-state index contributed by atoms with van der Waals surface area (Å²) in [5, 5.41) is 12.3. The van der Waals surface area contributed by atoms with Crippen LogP contribution in [0.15, 0.2) is 23.1 Å². The number of benzene rings is 1. The van der Waals surface area contributed by atoms with Crippen LogP contribution >= 0.6 is 0 Å². The van der Waals surface area contributed by atoms with Gasteiger partial charge in [0.25, 0.3) is 0 Å². The molecular formula is C14H16FN3O2S. The van der Waals surface area contributed by atoms with Gasteiger partial charge in [-0.3, -0.25) is 0 Å². The molecule has 2 heterocycles. The van der Waals surface area contributed by atoms with Gasteiger partial charge in [-0.15, -0.1) is 0 Å².